The number of phenols is 1. The van der Waals surface area contributed by atoms with Crippen molar-refractivity contribution in [3.05, 3.63) is 40.9 Å². The van der Waals surface area contributed by atoms with Crippen LogP contribution in [0.4, 0.5) is 0 Å². The monoisotopic (exact) mass is 262 g/mol. The molecule has 1 aromatic carbocycles. The van der Waals surface area contributed by atoms with Crippen molar-refractivity contribution in [3.8, 4) is 17.1 Å². The molecule has 0 aliphatic heterocycles. The fourth-order valence-corrected chi connectivity index (χ4v) is 2.62. The first-order chi connectivity index (χ1) is 8.24. The minimum absolute atomic E-state index is 0.188. The van der Waals surface area contributed by atoms with E-state index in [2.05, 4.69) is 9.97 Å². The van der Waals surface area contributed by atoms with E-state index in [1.54, 1.807) is 18.2 Å². The van der Waals surface area contributed by atoms with Crippen LogP contribution in [0, 0.1) is 0 Å². The van der Waals surface area contributed by atoms with E-state index in [-0.39, 0.29) is 5.75 Å². The quantitative estimate of drug-likeness (QED) is 0.680. The molecule has 3 aromatic rings. The van der Waals surface area contributed by atoms with E-state index in [1.807, 2.05) is 17.5 Å². The highest BCUT2D eigenvalue weighted by molar-refractivity contribution is 7.17. The van der Waals surface area contributed by atoms with Gasteiger partial charge in [0.2, 0.25) is 0 Å². The molecular formula is C12H7ClN2OS. The Hall–Kier alpha value is -1.65. The molecule has 0 fully saturated rings. The van der Waals surface area contributed by atoms with Gasteiger partial charge in [0.05, 0.1) is 10.2 Å². The van der Waals surface area contributed by atoms with Crippen LogP contribution in [0.1, 0.15) is 0 Å². The van der Waals surface area contributed by atoms with E-state index in [0.717, 1.165) is 15.8 Å². The molecule has 0 aliphatic rings. The summed E-state index contributed by atoms with van der Waals surface area (Å²) in [4.78, 5) is 8.65. The van der Waals surface area contributed by atoms with E-state index < -0.39 is 0 Å². The summed E-state index contributed by atoms with van der Waals surface area (Å²) in [5.41, 5.74) is 1.58. The Morgan fingerprint density at radius 3 is 2.88 bits per heavy atom. The van der Waals surface area contributed by atoms with Crippen LogP contribution in [0.2, 0.25) is 5.15 Å². The highest BCUT2D eigenvalue weighted by Gasteiger charge is 2.09. The third-order valence-electron chi connectivity index (χ3n) is 2.37. The van der Waals surface area contributed by atoms with Crippen molar-refractivity contribution < 1.29 is 5.11 Å². The predicted octanol–water partition coefficient (Wildman–Crippen LogP) is 3.72. The molecular weight excluding hydrogens is 256 g/mol. The second kappa shape index (κ2) is 3.98. The number of phenolic OH excluding ortho intramolecular Hbond substituents is 1. The van der Waals surface area contributed by atoms with Gasteiger partial charge in [0.15, 0.2) is 11.0 Å². The normalized spacial score (nSPS) is 10.9. The van der Waals surface area contributed by atoms with Gasteiger partial charge < -0.3 is 5.11 Å². The second-order valence-electron chi connectivity index (χ2n) is 3.52. The van der Waals surface area contributed by atoms with Gasteiger partial charge in [-0.1, -0.05) is 23.7 Å². The molecule has 2 heterocycles. The van der Waals surface area contributed by atoms with Crippen LogP contribution >= 0.6 is 22.9 Å². The van der Waals surface area contributed by atoms with E-state index >= 15 is 0 Å². The minimum atomic E-state index is 0.188. The zero-order chi connectivity index (χ0) is 11.8. The number of rotatable bonds is 1. The van der Waals surface area contributed by atoms with Crippen LogP contribution in [0.15, 0.2) is 35.7 Å². The molecule has 0 aliphatic carbocycles. The first-order valence-electron chi connectivity index (χ1n) is 4.94. The van der Waals surface area contributed by atoms with E-state index in [4.69, 9.17) is 11.6 Å². The maximum absolute atomic E-state index is 9.43. The zero-order valence-corrected chi connectivity index (χ0v) is 10.2. The molecule has 0 amide bonds. The fourth-order valence-electron chi connectivity index (χ4n) is 1.60. The van der Waals surface area contributed by atoms with Gasteiger partial charge in [-0.05, 0) is 23.6 Å². The molecule has 17 heavy (non-hydrogen) atoms. The van der Waals surface area contributed by atoms with Gasteiger partial charge in [0.1, 0.15) is 5.75 Å². The maximum atomic E-state index is 9.43. The second-order valence-corrected chi connectivity index (χ2v) is 4.80. The highest BCUT2D eigenvalue weighted by atomic mass is 35.5. The summed E-state index contributed by atoms with van der Waals surface area (Å²) in [6.07, 6.45) is 0. The van der Waals surface area contributed by atoms with Gasteiger partial charge in [-0.25, -0.2) is 9.97 Å². The van der Waals surface area contributed by atoms with Crippen molar-refractivity contribution >= 4 is 33.2 Å². The Morgan fingerprint density at radius 2 is 2.06 bits per heavy atom. The summed E-state index contributed by atoms with van der Waals surface area (Å²) in [7, 11) is 0. The van der Waals surface area contributed by atoms with Crippen LogP contribution in [0.25, 0.3) is 21.6 Å². The molecule has 0 radical (unpaired) electrons. The summed E-state index contributed by atoms with van der Waals surface area (Å²) in [6, 6.07) is 8.71. The first kappa shape index (κ1) is 10.5. The molecule has 5 heteroatoms. The Labute approximate surface area is 106 Å². The molecule has 1 N–H and O–H groups in total. The van der Waals surface area contributed by atoms with Crippen molar-refractivity contribution in [1.29, 1.82) is 0 Å². The zero-order valence-electron chi connectivity index (χ0n) is 8.59. The van der Waals surface area contributed by atoms with Gasteiger partial charge in [-0.3, -0.25) is 0 Å². The maximum Gasteiger partial charge on any atom is 0.161 e. The molecule has 84 valence electrons. The van der Waals surface area contributed by atoms with E-state index in [0.29, 0.717) is 11.0 Å². The minimum Gasteiger partial charge on any atom is -0.508 e. The smallest absolute Gasteiger partial charge is 0.161 e. The van der Waals surface area contributed by atoms with Gasteiger partial charge >= 0.3 is 0 Å². The average Bonchev–Trinajstić information content (AvgIpc) is 2.77. The van der Waals surface area contributed by atoms with Gasteiger partial charge in [-0.15, -0.1) is 11.3 Å². The average molecular weight is 263 g/mol. The van der Waals surface area contributed by atoms with Crippen molar-refractivity contribution in [2.75, 3.05) is 0 Å². The van der Waals surface area contributed by atoms with Crippen molar-refractivity contribution in [2.24, 2.45) is 0 Å². The molecule has 2 aromatic heterocycles. The number of aromatic hydroxyl groups is 1. The number of hydrogen-bond donors (Lipinski definition) is 1. The number of thiophene rings is 1. The van der Waals surface area contributed by atoms with Crippen molar-refractivity contribution in [2.45, 2.75) is 0 Å². The fraction of sp³-hybridized carbons (Fsp3) is 0. The lowest BCUT2D eigenvalue weighted by molar-refractivity contribution is 0.475. The largest absolute Gasteiger partial charge is 0.508 e. The van der Waals surface area contributed by atoms with Gasteiger partial charge in [-0.2, -0.15) is 0 Å². The summed E-state index contributed by atoms with van der Waals surface area (Å²) in [5, 5.41) is 11.8. The first-order valence-corrected chi connectivity index (χ1v) is 6.20. The Balaban J connectivity index is 2.23. The van der Waals surface area contributed by atoms with Crippen LogP contribution in [-0.4, -0.2) is 15.1 Å². The number of aromatic nitrogens is 2. The SMILES string of the molecule is Oc1cccc(-c2nc(Cl)c3sccc3n2)c1. The van der Waals surface area contributed by atoms with Crippen molar-refractivity contribution in [3.63, 3.8) is 0 Å². The molecule has 0 bridgehead atoms. The van der Waals surface area contributed by atoms with E-state index in [1.165, 1.54) is 11.3 Å². The summed E-state index contributed by atoms with van der Waals surface area (Å²) >= 11 is 7.60. The van der Waals surface area contributed by atoms with Gasteiger partial charge in [0, 0.05) is 5.56 Å². The lowest BCUT2D eigenvalue weighted by atomic mass is 10.2. The predicted molar refractivity (Wildman–Crippen MR) is 69.5 cm³/mol. The summed E-state index contributed by atoms with van der Waals surface area (Å²) in [6.45, 7) is 0. The summed E-state index contributed by atoms with van der Waals surface area (Å²) < 4.78 is 0.885. The molecule has 3 nitrogen and oxygen atoms in total. The molecule has 0 atom stereocenters. The molecule has 3 rings (SSSR count). The number of halogens is 1. The Bertz CT molecular complexity index is 696. The van der Waals surface area contributed by atoms with Crippen molar-refractivity contribution in [1.82, 2.24) is 9.97 Å². The standard InChI is InChI=1S/C12H7ClN2OS/c13-11-10-9(4-5-17-10)14-12(15-11)7-2-1-3-8(16)6-7/h1-6,16H. The van der Waals surface area contributed by atoms with Gasteiger partial charge in [0.25, 0.3) is 0 Å². The number of benzene rings is 1. The van der Waals surface area contributed by atoms with E-state index in [9.17, 15) is 5.11 Å². The lowest BCUT2D eigenvalue weighted by Crippen LogP contribution is -1.89. The van der Waals surface area contributed by atoms with Crippen LogP contribution in [0.5, 0.6) is 5.75 Å². The Kier molecular flexibility index (Phi) is 2.46. The Morgan fingerprint density at radius 1 is 1.18 bits per heavy atom. The number of hydrogen-bond acceptors (Lipinski definition) is 4. The summed E-state index contributed by atoms with van der Waals surface area (Å²) in [5.74, 6) is 0.712. The van der Waals surface area contributed by atoms with Crippen LogP contribution in [0.3, 0.4) is 0 Å². The molecule has 0 saturated carbocycles. The molecule has 0 spiro atoms. The topological polar surface area (TPSA) is 46.0 Å². The number of nitrogens with zero attached hydrogens (tertiary/aromatic N) is 2. The number of fused-ring (bicyclic) bond motifs is 1. The third-order valence-corrected chi connectivity index (χ3v) is 3.66. The van der Waals surface area contributed by atoms with Crippen LogP contribution < -0.4 is 0 Å². The molecule has 0 saturated heterocycles. The van der Waals surface area contributed by atoms with Crippen LogP contribution in [-0.2, 0) is 0 Å². The lowest BCUT2D eigenvalue weighted by Gasteiger charge is -2.02. The third kappa shape index (κ3) is 1.85. The highest BCUT2D eigenvalue weighted by Crippen LogP contribution is 2.29. The molecule has 0 unspecified atom stereocenters.